The van der Waals surface area contributed by atoms with Crippen molar-refractivity contribution in [2.24, 2.45) is 0 Å². The third-order valence-electron chi connectivity index (χ3n) is 3.87. The Morgan fingerprint density at radius 3 is 2.32 bits per heavy atom. The van der Waals surface area contributed by atoms with Gasteiger partial charge >= 0.3 is 0 Å². The lowest BCUT2D eigenvalue weighted by Crippen LogP contribution is -2.44. The van der Waals surface area contributed by atoms with E-state index in [9.17, 15) is 4.79 Å². The highest BCUT2D eigenvalue weighted by Crippen LogP contribution is 2.36. The second-order valence-corrected chi connectivity index (χ2v) is 6.76. The van der Waals surface area contributed by atoms with Gasteiger partial charge in [-0.25, -0.2) is 0 Å². The molecule has 1 saturated heterocycles. The highest BCUT2D eigenvalue weighted by atomic mass is 35.5. The fourth-order valence-corrected chi connectivity index (χ4v) is 3.14. The molecule has 1 aliphatic heterocycles. The third-order valence-corrected chi connectivity index (χ3v) is 4.89. The van der Waals surface area contributed by atoms with Crippen molar-refractivity contribution in [3.05, 3.63) is 63.1 Å². The van der Waals surface area contributed by atoms with Crippen molar-refractivity contribution >= 4 is 40.7 Å². The molecule has 2 aromatic carbocycles. The average Bonchev–Trinajstić information content (AvgIpc) is 2.64. The molecule has 132 valence electrons. The van der Waals surface area contributed by atoms with Gasteiger partial charge in [-0.1, -0.05) is 65.1 Å². The van der Waals surface area contributed by atoms with Crippen LogP contribution < -0.4 is 4.74 Å². The summed E-state index contributed by atoms with van der Waals surface area (Å²) in [4.78, 5) is 14.7. The molecule has 0 saturated carbocycles. The lowest BCUT2D eigenvalue weighted by atomic mass is 10.1. The van der Waals surface area contributed by atoms with Crippen molar-refractivity contribution in [1.29, 1.82) is 0 Å². The molecule has 1 aliphatic rings. The Morgan fingerprint density at radius 2 is 1.64 bits per heavy atom. The molecule has 2 aromatic rings. The van der Waals surface area contributed by atoms with Crippen molar-refractivity contribution in [2.45, 2.75) is 6.10 Å². The molecule has 0 N–H and O–H groups in total. The minimum atomic E-state index is -0.825. The molecule has 0 spiro atoms. The Hall–Kier alpha value is -1.46. The number of hydrogen-bond acceptors (Lipinski definition) is 3. The number of carbonyl (C=O) groups excluding carboxylic acids is 1. The molecule has 1 atom stereocenters. The van der Waals surface area contributed by atoms with Gasteiger partial charge in [0, 0.05) is 24.7 Å². The number of benzene rings is 2. The molecule has 1 heterocycles. The van der Waals surface area contributed by atoms with Crippen LogP contribution in [0.1, 0.15) is 11.7 Å². The van der Waals surface area contributed by atoms with E-state index in [2.05, 4.69) is 0 Å². The zero-order valence-corrected chi connectivity index (χ0v) is 15.5. The second-order valence-electron chi connectivity index (χ2n) is 5.54. The Kier molecular flexibility index (Phi) is 6.07. The quantitative estimate of drug-likeness (QED) is 0.703. The fourth-order valence-electron chi connectivity index (χ4n) is 2.56. The molecule has 0 unspecified atom stereocenters. The first kappa shape index (κ1) is 18.3. The highest BCUT2D eigenvalue weighted by molar-refractivity contribution is 6.43. The Balaban J connectivity index is 1.91. The summed E-state index contributed by atoms with van der Waals surface area (Å²) in [5.74, 6) is 0.170. The van der Waals surface area contributed by atoms with Crippen LogP contribution in [0.25, 0.3) is 0 Å². The van der Waals surface area contributed by atoms with Gasteiger partial charge in [0.1, 0.15) is 5.75 Å². The summed E-state index contributed by atoms with van der Waals surface area (Å²) in [5.41, 5.74) is 0.737. The SMILES string of the molecule is O=C([C@H](Oc1cc(Cl)c(Cl)cc1Cl)c1ccccc1)N1CCOCC1. The summed E-state index contributed by atoms with van der Waals surface area (Å²) in [5, 5.41) is 0.937. The maximum absolute atomic E-state index is 13.0. The molecular formula is C18H16Cl3NO3. The lowest BCUT2D eigenvalue weighted by molar-refractivity contribution is -0.143. The molecular weight excluding hydrogens is 385 g/mol. The molecule has 7 heteroatoms. The second kappa shape index (κ2) is 8.28. The first-order chi connectivity index (χ1) is 12.1. The van der Waals surface area contributed by atoms with Gasteiger partial charge in [-0.05, 0) is 6.07 Å². The topological polar surface area (TPSA) is 38.8 Å². The molecule has 1 fully saturated rings. The zero-order valence-electron chi connectivity index (χ0n) is 13.3. The van der Waals surface area contributed by atoms with Gasteiger partial charge in [-0.15, -0.1) is 0 Å². The lowest BCUT2D eigenvalue weighted by Gasteiger charge is -2.31. The van der Waals surface area contributed by atoms with Gasteiger partial charge in [-0.3, -0.25) is 4.79 Å². The van der Waals surface area contributed by atoms with E-state index in [-0.39, 0.29) is 5.91 Å². The van der Waals surface area contributed by atoms with Crippen LogP contribution in [0.4, 0.5) is 0 Å². The molecule has 0 radical (unpaired) electrons. The minimum Gasteiger partial charge on any atom is -0.474 e. The number of halogens is 3. The number of hydrogen-bond donors (Lipinski definition) is 0. The number of amides is 1. The summed E-state index contributed by atoms with van der Waals surface area (Å²) in [6.07, 6.45) is -0.825. The molecule has 0 aliphatic carbocycles. The van der Waals surface area contributed by atoms with Gasteiger partial charge in [0.05, 0.1) is 28.3 Å². The first-order valence-corrected chi connectivity index (χ1v) is 8.92. The zero-order chi connectivity index (χ0) is 17.8. The monoisotopic (exact) mass is 399 g/mol. The third kappa shape index (κ3) is 4.39. The van der Waals surface area contributed by atoms with Crippen LogP contribution in [0.15, 0.2) is 42.5 Å². The maximum atomic E-state index is 13.0. The summed E-state index contributed by atoms with van der Waals surface area (Å²) in [6.45, 7) is 2.09. The minimum absolute atomic E-state index is 0.142. The van der Waals surface area contributed by atoms with Gasteiger partial charge in [0.15, 0.2) is 0 Å². The van der Waals surface area contributed by atoms with Crippen molar-refractivity contribution in [3.63, 3.8) is 0 Å². The predicted molar refractivity (Wildman–Crippen MR) is 98.7 cm³/mol. The number of morpholine rings is 1. The van der Waals surface area contributed by atoms with Crippen LogP contribution in [0.5, 0.6) is 5.75 Å². The van der Waals surface area contributed by atoms with Crippen molar-refractivity contribution < 1.29 is 14.3 Å². The van der Waals surface area contributed by atoms with E-state index >= 15 is 0 Å². The Labute approximate surface area is 161 Å². The van der Waals surface area contributed by atoms with Gasteiger partial charge in [0.2, 0.25) is 6.10 Å². The molecule has 1 amide bonds. The molecule has 0 bridgehead atoms. The van der Waals surface area contributed by atoms with E-state index < -0.39 is 6.10 Å². The number of carbonyl (C=O) groups is 1. The number of ether oxygens (including phenoxy) is 2. The highest BCUT2D eigenvalue weighted by Gasteiger charge is 2.29. The predicted octanol–water partition coefficient (Wildman–Crippen LogP) is 4.63. The van der Waals surface area contributed by atoms with E-state index in [1.165, 1.54) is 12.1 Å². The summed E-state index contributed by atoms with van der Waals surface area (Å²) in [7, 11) is 0. The Bertz CT molecular complexity index is 749. The molecule has 3 rings (SSSR count). The van der Waals surface area contributed by atoms with Crippen LogP contribution in [0.3, 0.4) is 0 Å². The van der Waals surface area contributed by atoms with Crippen LogP contribution in [0.2, 0.25) is 15.1 Å². The van der Waals surface area contributed by atoms with Gasteiger partial charge in [0.25, 0.3) is 5.91 Å². The van der Waals surface area contributed by atoms with Crippen LogP contribution in [-0.2, 0) is 9.53 Å². The summed E-state index contributed by atoms with van der Waals surface area (Å²) in [6, 6.07) is 12.3. The fraction of sp³-hybridized carbons (Fsp3) is 0.278. The van der Waals surface area contributed by atoms with E-state index in [0.29, 0.717) is 47.1 Å². The van der Waals surface area contributed by atoms with E-state index in [0.717, 1.165) is 5.56 Å². The normalized spacial score (nSPS) is 15.7. The van der Waals surface area contributed by atoms with E-state index in [1.54, 1.807) is 4.90 Å². The molecule has 25 heavy (non-hydrogen) atoms. The van der Waals surface area contributed by atoms with Gasteiger partial charge in [-0.2, -0.15) is 0 Å². The Morgan fingerprint density at radius 1 is 1.00 bits per heavy atom. The molecule has 0 aromatic heterocycles. The smallest absolute Gasteiger partial charge is 0.268 e. The van der Waals surface area contributed by atoms with Crippen LogP contribution in [-0.4, -0.2) is 37.1 Å². The largest absolute Gasteiger partial charge is 0.474 e. The maximum Gasteiger partial charge on any atom is 0.268 e. The van der Waals surface area contributed by atoms with Crippen LogP contribution >= 0.6 is 34.8 Å². The van der Waals surface area contributed by atoms with E-state index in [1.807, 2.05) is 30.3 Å². The van der Waals surface area contributed by atoms with Gasteiger partial charge < -0.3 is 14.4 Å². The number of nitrogens with zero attached hydrogens (tertiary/aromatic N) is 1. The summed E-state index contributed by atoms with van der Waals surface area (Å²) >= 11 is 18.2. The van der Waals surface area contributed by atoms with Crippen molar-refractivity contribution in [1.82, 2.24) is 4.90 Å². The molecule has 4 nitrogen and oxygen atoms in total. The first-order valence-electron chi connectivity index (χ1n) is 7.79. The standard InChI is InChI=1S/C18H16Cl3NO3/c19-13-10-15(21)16(11-14(13)20)25-17(12-4-2-1-3-5-12)18(23)22-6-8-24-9-7-22/h1-5,10-11,17H,6-9H2/t17-/m1/s1. The van der Waals surface area contributed by atoms with Crippen LogP contribution in [0, 0.1) is 0 Å². The van der Waals surface area contributed by atoms with Crippen molar-refractivity contribution in [3.8, 4) is 5.75 Å². The van der Waals surface area contributed by atoms with E-state index in [4.69, 9.17) is 44.3 Å². The average molecular weight is 401 g/mol. The summed E-state index contributed by atoms with van der Waals surface area (Å²) < 4.78 is 11.3. The van der Waals surface area contributed by atoms with Crippen molar-refractivity contribution in [2.75, 3.05) is 26.3 Å². The number of rotatable bonds is 4.